The number of hydrogen-bond acceptors (Lipinski definition) is 2. The van der Waals surface area contributed by atoms with Crippen molar-refractivity contribution in [3.8, 4) is 0 Å². The van der Waals surface area contributed by atoms with Crippen LogP contribution in [0.3, 0.4) is 0 Å². The van der Waals surface area contributed by atoms with Gasteiger partial charge in [-0.2, -0.15) is 0 Å². The van der Waals surface area contributed by atoms with E-state index >= 15 is 0 Å². The van der Waals surface area contributed by atoms with E-state index in [9.17, 15) is 0 Å². The third-order valence-electron chi connectivity index (χ3n) is 3.36. The fraction of sp³-hybridized carbons (Fsp3) is 0.769. The van der Waals surface area contributed by atoms with Gasteiger partial charge in [-0.1, -0.05) is 13.8 Å². The van der Waals surface area contributed by atoms with Crippen molar-refractivity contribution in [2.24, 2.45) is 0 Å². The Morgan fingerprint density at radius 1 is 1.31 bits per heavy atom. The fourth-order valence-electron chi connectivity index (χ4n) is 2.38. The summed E-state index contributed by atoms with van der Waals surface area (Å²) in [5.74, 6) is 0. The van der Waals surface area contributed by atoms with Crippen molar-refractivity contribution in [3.05, 3.63) is 17.7 Å². The van der Waals surface area contributed by atoms with Crippen molar-refractivity contribution >= 4 is 0 Å². The maximum atomic E-state index is 4.54. The summed E-state index contributed by atoms with van der Waals surface area (Å²) in [5.41, 5.74) is 2.81. The van der Waals surface area contributed by atoms with E-state index in [0.29, 0.717) is 12.1 Å². The number of aryl methyl sites for hydroxylation is 1. The normalized spacial score (nSPS) is 17.5. The van der Waals surface area contributed by atoms with E-state index in [2.05, 4.69) is 35.6 Å². The Morgan fingerprint density at radius 3 is 2.81 bits per heavy atom. The lowest BCUT2D eigenvalue weighted by molar-refractivity contribution is 0.449. The molecule has 0 saturated carbocycles. The minimum Gasteiger partial charge on any atom is -0.330 e. The van der Waals surface area contributed by atoms with Gasteiger partial charge in [0.15, 0.2) is 0 Å². The van der Waals surface area contributed by atoms with Gasteiger partial charge in [0.05, 0.1) is 12.0 Å². The van der Waals surface area contributed by atoms with Crippen molar-refractivity contribution in [2.75, 3.05) is 6.54 Å². The summed E-state index contributed by atoms with van der Waals surface area (Å²) in [5, 5.41) is 3.49. The van der Waals surface area contributed by atoms with E-state index in [4.69, 9.17) is 0 Å². The summed E-state index contributed by atoms with van der Waals surface area (Å²) < 4.78 is 2.36. The Bertz CT molecular complexity index is 341. The molecule has 1 heterocycles. The Kier molecular flexibility index (Phi) is 3.64. The van der Waals surface area contributed by atoms with Gasteiger partial charge in [-0.05, 0) is 32.6 Å². The average Bonchev–Trinajstić information content (AvgIpc) is 2.69. The monoisotopic (exact) mass is 221 g/mol. The van der Waals surface area contributed by atoms with Gasteiger partial charge in [-0.25, -0.2) is 4.98 Å². The molecule has 3 heteroatoms. The van der Waals surface area contributed by atoms with Gasteiger partial charge in [-0.15, -0.1) is 0 Å². The zero-order valence-electron chi connectivity index (χ0n) is 10.7. The lowest BCUT2D eigenvalue weighted by Crippen LogP contribution is -2.29. The van der Waals surface area contributed by atoms with Crippen molar-refractivity contribution < 1.29 is 0 Å². The smallest absolute Gasteiger partial charge is 0.0954 e. The molecular formula is C13H23N3. The quantitative estimate of drug-likeness (QED) is 0.845. The van der Waals surface area contributed by atoms with Crippen LogP contribution in [0.2, 0.25) is 0 Å². The third kappa shape index (κ3) is 2.46. The first kappa shape index (κ1) is 11.6. The minimum absolute atomic E-state index is 0.511. The third-order valence-corrected chi connectivity index (χ3v) is 3.36. The highest BCUT2D eigenvalue weighted by Crippen LogP contribution is 2.22. The molecule has 1 aliphatic carbocycles. The highest BCUT2D eigenvalue weighted by molar-refractivity contribution is 5.17. The summed E-state index contributed by atoms with van der Waals surface area (Å²) >= 11 is 0. The Hall–Kier alpha value is -0.830. The second kappa shape index (κ2) is 5.00. The predicted octanol–water partition coefficient (Wildman–Crippen LogP) is 2.32. The van der Waals surface area contributed by atoms with Crippen LogP contribution in [0, 0.1) is 0 Å². The Balaban J connectivity index is 2.05. The molecule has 90 valence electrons. The predicted molar refractivity (Wildman–Crippen MR) is 66.7 cm³/mol. The molecule has 0 aliphatic heterocycles. The first-order valence-electron chi connectivity index (χ1n) is 6.46. The molecule has 3 nitrogen and oxygen atoms in total. The summed E-state index contributed by atoms with van der Waals surface area (Å²) in [6.07, 6.45) is 7.04. The van der Waals surface area contributed by atoms with Gasteiger partial charge in [0.2, 0.25) is 0 Å². The zero-order valence-corrected chi connectivity index (χ0v) is 10.7. The summed E-state index contributed by atoms with van der Waals surface area (Å²) in [6, 6.07) is 1.07. The van der Waals surface area contributed by atoms with Crippen LogP contribution < -0.4 is 5.32 Å². The van der Waals surface area contributed by atoms with Gasteiger partial charge in [-0.3, -0.25) is 0 Å². The van der Waals surface area contributed by atoms with Crippen LogP contribution >= 0.6 is 0 Å². The Labute approximate surface area is 98.3 Å². The van der Waals surface area contributed by atoms with Crippen LogP contribution in [0.1, 0.15) is 51.0 Å². The summed E-state index contributed by atoms with van der Waals surface area (Å²) in [4.78, 5) is 4.54. The first-order chi connectivity index (χ1) is 7.68. The second-order valence-corrected chi connectivity index (χ2v) is 5.16. The molecule has 0 radical (unpaired) electrons. The fourth-order valence-corrected chi connectivity index (χ4v) is 2.38. The van der Waals surface area contributed by atoms with Crippen LogP contribution in [-0.2, 0) is 12.8 Å². The molecule has 0 spiro atoms. The van der Waals surface area contributed by atoms with E-state index in [1.165, 1.54) is 37.1 Å². The van der Waals surface area contributed by atoms with Crippen LogP contribution in [-0.4, -0.2) is 22.1 Å². The molecule has 16 heavy (non-hydrogen) atoms. The van der Waals surface area contributed by atoms with Crippen molar-refractivity contribution in [2.45, 2.75) is 58.5 Å². The number of hydrogen-bond donors (Lipinski definition) is 1. The number of rotatable bonds is 4. The molecule has 0 bridgehead atoms. The van der Waals surface area contributed by atoms with Gasteiger partial charge in [0, 0.05) is 24.3 Å². The highest BCUT2D eigenvalue weighted by atomic mass is 15.1. The standard InChI is InChI=1S/C13H23N3/c1-10(2)14-8-11(3)16-9-15-12-6-4-5-7-13(12)16/h9-11,14H,4-8H2,1-3H3. The topological polar surface area (TPSA) is 29.9 Å². The van der Waals surface area contributed by atoms with E-state index < -0.39 is 0 Å². The van der Waals surface area contributed by atoms with Crippen LogP contribution in [0.15, 0.2) is 6.33 Å². The molecule has 1 unspecified atom stereocenters. The minimum atomic E-state index is 0.511. The number of fused-ring (bicyclic) bond motifs is 1. The van der Waals surface area contributed by atoms with Crippen molar-refractivity contribution in [1.29, 1.82) is 0 Å². The molecule has 2 rings (SSSR count). The van der Waals surface area contributed by atoms with E-state index in [0.717, 1.165) is 6.54 Å². The van der Waals surface area contributed by atoms with E-state index in [1.54, 1.807) is 0 Å². The van der Waals surface area contributed by atoms with Gasteiger partial charge >= 0.3 is 0 Å². The number of imidazole rings is 1. The van der Waals surface area contributed by atoms with Crippen LogP contribution in [0.25, 0.3) is 0 Å². The molecule has 1 N–H and O–H groups in total. The molecular weight excluding hydrogens is 198 g/mol. The number of aromatic nitrogens is 2. The van der Waals surface area contributed by atoms with Crippen molar-refractivity contribution in [1.82, 2.24) is 14.9 Å². The molecule has 0 fully saturated rings. The Morgan fingerprint density at radius 2 is 2.06 bits per heavy atom. The average molecular weight is 221 g/mol. The van der Waals surface area contributed by atoms with E-state index in [1.807, 2.05) is 6.33 Å². The molecule has 0 amide bonds. The maximum absolute atomic E-state index is 4.54. The molecule has 0 aromatic carbocycles. The van der Waals surface area contributed by atoms with E-state index in [-0.39, 0.29) is 0 Å². The first-order valence-corrected chi connectivity index (χ1v) is 6.46. The second-order valence-electron chi connectivity index (χ2n) is 5.16. The molecule has 1 atom stereocenters. The van der Waals surface area contributed by atoms with Crippen molar-refractivity contribution in [3.63, 3.8) is 0 Å². The lowest BCUT2D eigenvalue weighted by atomic mass is 10.0. The highest BCUT2D eigenvalue weighted by Gasteiger charge is 2.17. The SMILES string of the molecule is CC(C)NCC(C)n1cnc2c1CCCC2. The number of nitrogens with zero attached hydrogens (tertiary/aromatic N) is 2. The number of nitrogens with one attached hydrogen (secondary N) is 1. The van der Waals surface area contributed by atoms with Gasteiger partial charge < -0.3 is 9.88 Å². The molecule has 1 aromatic heterocycles. The molecule has 1 aromatic rings. The largest absolute Gasteiger partial charge is 0.330 e. The van der Waals surface area contributed by atoms with Crippen LogP contribution in [0.4, 0.5) is 0 Å². The maximum Gasteiger partial charge on any atom is 0.0954 e. The van der Waals surface area contributed by atoms with Gasteiger partial charge in [0.25, 0.3) is 0 Å². The molecule has 1 aliphatic rings. The molecule has 0 saturated heterocycles. The summed E-state index contributed by atoms with van der Waals surface area (Å²) in [7, 11) is 0. The lowest BCUT2D eigenvalue weighted by Gasteiger charge is -2.21. The van der Waals surface area contributed by atoms with Crippen LogP contribution in [0.5, 0.6) is 0 Å². The van der Waals surface area contributed by atoms with Gasteiger partial charge in [0.1, 0.15) is 0 Å². The zero-order chi connectivity index (χ0) is 11.5. The summed E-state index contributed by atoms with van der Waals surface area (Å²) in [6.45, 7) is 7.68.